The largest absolute Gasteiger partial charge is 0.491 e. The molecule has 3 aromatic rings. The molecular weight excluding hydrogens is 418 g/mol. The lowest BCUT2D eigenvalue weighted by atomic mass is 10.0. The predicted molar refractivity (Wildman–Crippen MR) is 130 cm³/mol. The van der Waals surface area contributed by atoms with Gasteiger partial charge in [-0.05, 0) is 42.2 Å². The molecule has 174 valence electrons. The molecule has 1 fully saturated rings. The summed E-state index contributed by atoms with van der Waals surface area (Å²) in [7, 11) is 1.65. The van der Waals surface area contributed by atoms with Crippen LogP contribution in [0, 0.1) is 0 Å². The van der Waals surface area contributed by atoms with Crippen molar-refractivity contribution in [3.63, 3.8) is 0 Å². The summed E-state index contributed by atoms with van der Waals surface area (Å²) in [5.41, 5.74) is 2.86. The van der Waals surface area contributed by atoms with Crippen molar-refractivity contribution in [1.82, 2.24) is 15.3 Å². The van der Waals surface area contributed by atoms with E-state index in [0.717, 1.165) is 41.1 Å². The van der Waals surface area contributed by atoms with Gasteiger partial charge in [0.1, 0.15) is 24.5 Å². The first-order valence-electron chi connectivity index (χ1n) is 11.3. The lowest BCUT2D eigenvalue weighted by molar-refractivity contribution is 0.146. The molecule has 1 aliphatic heterocycles. The Morgan fingerprint density at radius 1 is 1.15 bits per heavy atom. The second kappa shape index (κ2) is 10.5. The zero-order valence-electron chi connectivity index (χ0n) is 19.4. The van der Waals surface area contributed by atoms with Crippen molar-refractivity contribution in [3.8, 4) is 5.75 Å². The van der Waals surface area contributed by atoms with Gasteiger partial charge >= 0.3 is 6.03 Å². The lowest BCUT2D eigenvalue weighted by Gasteiger charge is -2.20. The minimum absolute atomic E-state index is 0.0432. The molecule has 1 atom stereocenters. The van der Waals surface area contributed by atoms with Gasteiger partial charge in [0, 0.05) is 43.4 Å². The minimum Gasteiger partial charge on any atom is -0.491 e. The minimum atomic E-state index is -0.190. The van der Waals surface area contributed by atoms with Crippen LogP contribution in [0.3, 0.4) is 0 Å². The predicted octanol–water partition coefficient (Wildman–Crippen LogP) is 4.18. The highest BCUT2D eigenvalue weighted by Crippen LogP contribution is 2.28. The van der Waals surface area contributed by atoms with Crippen LogP contribution in [0.2, 0.25) is 0 Å². The average Bonchev–Trinajstić information content (AvgIpc) is 3.27. The molecule has 1 aromatic heterocycles. The Bertz CT molecular complexity index is 1090. The van der Waals surface area contributed by atoms with Crippen LogP contribution < -0.4 is 20.3 Å². The highest BCUT2D eigenvalue weighted by Gasteiger charge is 2.26. The quantitative estimate of drug-likeness (QED) is 0.502. The van der Waals surface area contributed by atoms with Gasteiger partial charge in [0.25, 0.3) is 0 Å². The van der Waals surface area contributed by atoms with Gasteiger partial charge in [0.15, 0.2) is 0 Å². The van der Waals surface area contributed by atoms with E-state index in [1.807, 2.05) is 42.5 Å². The highest BCUT2D eigenvalue weighted by molar-refractivity contribution is 5.91. The summed E-state index contributed by atoms with van der Waals surface area (Å²) in [6, 6.07) is 13.7. The van der Waals surface area contributed by atoms with Crippen LogP contribution in [-0.4, -0.2) is 55.5 Å². The van der Waals surface area contributed by atoms with Crippen molar-refractivity contribution < 1.29 is 14.3 Å². The summed E-state index contributed by atoms with van der Waals surface area (Å²) in [4.78, 5) is 23.6. The van der Waals surface area contributed by atoms with Crippen molar-refractivity contribution in [3.05, 3.63) is 54.4 Å². The molecule has 8 nitrogen and oxygen atoms in total. The summed E-state index contributed by atoms with van der Waals surface area (Å²) in [5.74, 6) is 2.09. The number of hydrogen-bond donors (Lipinski definition) is 2. The molecule has 1 unspecified atom stereocenters. The van der Waals surface area contributed by atoms with Crippen molar-refractivity contribution >= 4 is 28.4 Å². The number of carbonyl (C=O) groups excluding carboxylic acids is 1. The van der Waals surface area contributed by atoms with Crippen molar-refractivity contribution in [1.29, 1.82) is 0 Å². The number of hydrogen-bond acceptors (Lipinski definition) is 6. The third kappa shape index (κ3) is 5.70. The van der Waals surface area contributed by atoms with E-state index < -0.39 is 0 Å². The summed E-state index contributed by atoms with van der Waals surface area (Å²) in [5, 5.41) is 6.98. The number of methoxy groups -OCH3 is 1. The van der Waals surface area contributed by atoms with Crippen molar-refractivity contribution in [2.45, 2.75) is 32.2 Å². The molecule has 0 aliphatic carbocycles. The Kier molecular flexibility index (Phi) is 7.24. The van der Waals surface area contributed by atoms with Gasteiger partial charge in [-0.25, -0.2) is 14.8 Å². The van der Waals surface area contributed by atoms with E-state index in [1.54, 1.807) is 13.4 Å². The third-order valence-corrected chi connectivity index (χ3v) is 5.80. The molecular formula is C25H31N5O3. The Morgan fingerprint density at radius 2 is 1.97 bits per heavy atom. The Morgan fingerprint density at radius 3 is 2.73 bits per heavy atom. The second-order valence-electron chi connectivity index (χ2n) is 8.52. The normalized spacial score (nSPS) is 15.8. The van der Waals surface area contributed by atoms with E-state index in [9.17, 15) is 4.79 Å². The smallest absolute Gasteiger partial charge is 0.319 e. The number of ether oxygens (including phenoxy) is 2. The van der Waals surface area contributed by atoms with Gasteiger partial charge in [-0.2, -0.15) is 0 Å². The second-order valence-corrected chi connectivity index (χ2v) is 8.52. The number of benzene rings is 2. The van der Waals surface area contributed by atoms with E-state index in [1.165, 1.54) is 5.56 Å². The Labute approximate surface area is 194 Å². The number of nitrogens with zero attached hydrogens (tertiary/aromatic N) is 3. The molecule has 2 amide bonds. The summed E-state index contributed by atoms with van der Waals surface area (Å²) < 4.78 is 10.7. The maximum absolute atomic E-state index is 12.5. The van der Waals surface area contributed by atoms with Crippen molar-refractivity contribution in [2.24, 2.45) is 0 Å². The zero-order valence-corrected chi connectivity index (χ0v) is 19.4. The van der Waals surface area contributed by atoms with Gasteiger partial charge in [-0.15, -0.1) is 0 Å². The number of urea groups is 1. The maximum Gasteiger partial charge on any atom is 0.319 e. The zero-order chi connectivity index (χ0) is 23.2. The number of fused-ring (bicyclic) bond motifs is 1. The standard InChI is InChI=1S/C25H31N5O3/c1-17(2)18-4-6-19(7-5-18)28-25(31)29-20-10-11-30(15-20)24-22-9-8-21(33-13-12-32-3)14-23(22)26-16-27-24/h4-9,14,16-17,20H,10-13,15H2,1-3H3,(H2,28,29,31). The van der Waals surface area contributed by atoms with Gasteiger partial charge in [0.2, 0.25) is 0 Å². The van der Waals surface area contributed by atoms with Crippen LogP contribution in [0.1, 0.15) is 31.7 Å². The molecule has 0 saturated carbocycles. The summed E-state index contributed by atoms with van der Waals surface area (Å²) in [6.07, 6.45) is 2.42. The van der Waals surface area contributed by atoms with Gasteiger partial charge < -0.3 is 25.0 Å². The van der Waals surface area contributed by atoms with Crippen LogP contribution in [0.25, 0.3) is 10.9 Å². The molecule has 1 saturated heterocycles. The molecule has 0 radical (unpaired) electrons. The molecule has 2 heterocycles. The number of nitrogens with one attached hydrogen (secondary N) is 2. The first-order valence-corrected chi connectivity index (χ1v) is 11.3. The third-order valence-electron chi connectivity index (χ3n) is 5.80. The molecule has 1 aliphatic rings. The van der Waals surface area contributed by atoms with E-state index in [4.69, 9.17) is 9.47 Å². The van der Waals surface area contributed by atoms with E-state index in [-0.39, 0.29) is 12.1 Å². The van der Waals surface area contributed by atoms with Crippen LogP contribution in [0.4, 0.5) is 16.3 Å². The van der Waals surface area contributed by atoms with E-state index in [2.05, 4.69) is 39.3 Å². The average molecular weight is 450 g/mol. The van der Waals surface area contributed by atoms with E-state index in [0.29, 0.717) is 25.7 Å². The molecule has 2 aromatic carbocycles. The monoisotopic (exact) mass is 449 g/mol. The molecule has 2 N–H and O–H groups in total. The highest BCUT2D eigenvalue weighted by atomic mass is 16.5. The Balaban J connectivity index is 1.36. The van der Waals surface area contributed by atoms with Gasteiger partial charge in [-0.1, -0.05) is 26.0 Å². The number of aromatic nitrogens is 2. The number of amides is 2. The fourth-order valence-electron chi connectivity index (χ4n) is 3.98. The maximum atomic E-state index is 12.5. The Hall–Kier alpha value is -3.39. The summed E-state index contributed by atoms with van der Waals surface area (Å²) >= 11 is 0. The fourth-order valence-corrected chi connectivity index (χ4v) is 3.98. The summed E-state index contributed by atoms with van der Waals surface area (Å²) in [6.45, 7) is 6.83. The molecule has 0 spiro atoms. The van der Waals surface area contributed by atoms with Crippen molar-refractivity contribution in [2.75, 3.05) is 43.6 Å². The topological polar surface area (TPSA) is 88.6 Å². The molecule has 4 rings (SSSR count). The van der Waals surface area contributed by atoms with Gasteiger partial charge in [0.05, 0.1) is 12.1 Å². The number of carbonyl (C=O) groups is 1. The first-order chi connectivity index (χ1) is 16.0. The van der Waals surface area contributed by atoms with Crippen LogP contribution >= 0.6 is 0 Å². The van der Waals surface area contributed by atoms with Crippen LogP contribution in [0.15, 0.2) is 48.8 Å². The first kappa shape index (κ1) is 22.8. The fraction of sp³-hybridized carbons (Fsp3) is 0.400. The van der Waals surface area contributed by atoms with Gasteiger partial charge in [-0.3, -0.25) is 0 Å². The van der Waals surface area contributed by atoms with Crippen LogP contribution in [0.5, 0.6) is 5.75 Å². The molecule has 33 heavy (non-hydrogen) atoms. The SMILES string of the molecule is COCCOc1ccc2c(N3CCC(NC(=O)Nc4ccc(C(C)C)cc4)C3)ncnc2c1. The van der Waals surface area contributed by atoms with Crippen LogP contribution in [-0.2, 0) is 4.74 Å². The van der Waals surface area contributed by atoms with E-state index >= 15 is 0 Å². The molecule has 8 heteroatoms. The number of rotatable bonds is 8. The number of anilines is 2. The lowest BCUT2D eigenvalue weighted by Crippen LogP contribution is -2.39. The molecule has 0 bridgehead atoms.